The monoisotopic (exact) mass is 333 g/mol. The van der Waals surface area contributed by atoms with Crippen LogP contribution in [-0.2, 0) is 6.42 Å². The molecule has 3 heterocycles. The third-order valence-corrected chi connectivity index (χ3v) is 5.25. The highest BCUT2D eigenvalue weighted by Crippen LogP contribution is 2.36. The number of rotatable bonds is 7. The van der Waals surface area contributed by atoms with Crippen LogP contribution in [0, 0.1) is 5.41 Å². The summed E-state index contributed by atoms with van der Waals surface area (Å²) in [7, 11) is 0. The minimum Gasteiger partial charge on any atom is -0.396 e. The summed E-state index contributed by atoms with van der Waals surface area (Å²) < 4.78 is 1.69. The van der Waals surface area contributed by atoms with Crippen molar-refractivity contribution in [2.75, 3.05) is 26.2 Å². The van der Waals surface area contributed by atoms with Crippen LogP contribution in [0.2, 0.25) is 0 Å². The smallest absolute Gasteiger partial charge is 0.252 e. The zero-order valence-electron chi connectivity index (χ0n) is 14.3. The highest BCUT2D eigenvalue weighted by Gasteiger charge is 2.40. The Morgan fingerprint density at radius 3 is 3.00 bits per heavy atom. The topological polar surface area (TPSA) is 86.8 Å². The number of fused-ring (bicyclic) bond motifs is 1. The van der Waals surface area contributed by atoms with Gasteiger partial charge in [0.2, 0.25) is 0 Å². The summed E-state index contributed by atoms with van der Waals surface area (Å²) >= 11 is 0. The molecule has 1 aliphatic heterocycles. The molecule has 2 aromatic rings. The molecule has 1 saturated heterocycles. The maximum atomic E-state index is 10.5. The molecule has 24 heavy (non-hydrogen) atoms. The summed E-state index contributed by atoms with van der Waals surface area (Å²) in [5.41, 5.74) is 0.842. The molecule has 0 radical (unpaired) electrons. The van der Waals surface area contributed by atoms with Gasteiger partial charge in [-0.3, -0.25) is 0 Å². The van der Waals surface area contributed by atoms with Crippen molar-refractivity contribution in [3.8, 4) is 0 Å². The third kappa shape index (κ3) is 3.58. The van der Waals surface area contributed by atoms with Gasteiger partial charge in [0.05, 0.1) is 12.7 Å². The van der Waals surface area contributed by atoms with Crippen LogP contribution in [0.1, 0.15) is 38.2 Å². The fraction of sp³-hybridized carbons (Fsp3) is 0.706. The third-order valence-electron chi connectivity index (χ3n) is 5.25. The van der Waals surface area contributed by atoms with E-state index in [2.05, 4.69) is 26.9 Å². The zero-order chi connectivity index (χ0) is 17.0. The first-order chi connectivity index (χ1) is 11.7. The first-order valence-corrected chi connectivity index (χ1v) is 8.82. The Labute approximate surface area is 142 Å². The fourth-order valence-corrected chi connectivity index (χ4v) is 3.73. The van der Waals surface area contributed by atoms with E-state index in [1.54, 1.807) is 4.52 Å². The summed E-state index contributed by atoms with van der Waals surface area (Å²) in [5.74, 6) is 0.620. The standard InChI is InChI=1S/C17H27N5O2/c1-2-5-17(12-23)6-8-21(11-15(17)24)7-3-4-14-9-18-16-19-13-20-22(16)10-14/h9-10,13,15,23-24H,2-8,11-12H2,1H3/t15-,17-/m1/s1. The molecule has 2 atom stereocenters. The number of piperidine rings is 1. The van der Waals surface area contributed by atoms with Gasteiger partial charge in [-0.15, -0.1) is 0 Å². The van der Waals surface area contributed by atoms with Crippen LogP contribution in [0.15, 0.2) is 18.7 Å². The van der Waals surface area contributed by atoms with Gasteiger partial charge in [-0.2, -0.15) is 10.1 Å². The SMILES string of the molecule is CCC[C@]1(CO)CCN(CCCc2cnc3ncnn3c2)C[C@H]1O. The maximum absolute atomic E-state index is 10.5. The second-order valence-electron chi connectivity index (χ2n) is 6.91. The summed E-state index contributed by atoms with van der Waals surface area (Å²) in [5, 5.41) is 24.3. The van der Waals surface area contributed by atoms with E-state index in [-0.39, 0.29) is 12.0 Å². The van der Waals surface area contributed by atoms with E-state index in [0.29, 0.717) is 12.3 Å². The Hall–Kier alpha value is -1.57. The Morgan fingerprint density at radius 2 is 2.25 bits per heavy atom. The lowest BCUT2D eigenvalue weighted by Gasteiger charge is -2.44. The van der Waals surface area contributed by atoms with E-state index in [9.17, 15) is 10.2 Å². The van der Waals surface area contributed by atoms with Crippen LogP contribution >= 0.6 is 0 Å². The van der Waals surface area contributed by atoms with Crippen LogP contribution in [-0.4, -0.2) is 67.0 Å². The molecule has 0 bridgehead atoms. The molecule has 1 fully saturated rings. The van der Waals surface area contributed by atoms with Gasteiger partial charge in [0.1, 0.15) is 6.33 Å². The van der Waals surface area contributed by atoms with Gasteiger partial charge >= 0.3 is 0 Å². The van der Waals surface area contributed by atoms with E-state index in [4.69, 9.17) is 0 Å². The normalized spacial score (nSPS) is 25.4. The Morgan fingerprint density at radius 1 is 1.38 bits per heavy atom. The van der Waals surface area contributed by atoms with Crippen LogP contribution in [0.3, 0.4) is 0 Å². The van der Waals surface area contributed by atoms with Crippen molar-refractivity contribution in [1.29, 1.82) is 0 Å². The van der Waals surface area contributed by atoms with Gasteiger partial charge in [0.25, 0.3) is 5.78 Å². The van der Waals surface area contributed by atoms with Crippen molar-refractivity contribution in [3.63, 3.8) is 0 Å². The predicted octanol–water partition coefficient (Wildman–Crippen LogP) is 0.902. The Kier molecular flexibility index (Phi) is 5.43. The van der Waals surface area contributed by atoms with E-state index in [1.807, 2.05) is 12.4 Å². The second-order valence-corrected chi connectivity index (χ2v) is 6.91. The molecule has 0 saturated carbocycles. The molecule has 132 valence electrons. The van der Waals surface area contributed by atoms with Gasteiger partial charge in [-0.1, -0.05) is 13.3 Å². The molecule has 0 aromatic carbocycles. The molecule has 2 N–H and O–H groups in total. The number of hydrogen-bond donors (Lipinski definition) is 2. The van der Waals surface area contributed by atoms with Crippen LogP contribution in [0.5, 0.6) is 0 Å². The maximum Gasteiger partial charge on any atom is 0.252 e. The average Bonchev–Trinajstić information content (AvgIpc) is 3.05. The summed E-state index contributed by atoms with van der Waals surface area (Å²) in [6, 6.07) is 0. The molecule has 0 amide bonds. The number of aliphatic hydroxyl groups is 2. The van der Waals surface area contributed by atoms with Gasteiger partial charge in [-0.25, -0.2) is 9.50 Å². The van der Waals surface area contributed by atoms with Gasteiger partial charge in [-0.05, 0) is 44.3 Å². The van der Waals surface area contributed by atoms with Crippen molar-refractivity contribution in [2.45, 2.75) is 45.1 Å². The van der Waals surface area contributed by atoms with E-state index in [0.717, 1.165) is 50.8 Å². The second kappa shape index (κ2) is 7.55. The molecule has 1 aliphatic rings. The molecule has 7 nitrogen and oxygen atoms in total. The minimum absolute atomic E-state index is 0.0828. The predicted molar refractivity (Wildman–Crippen MR) is 90.6 cm³/mol. The minimum atomic E-state index is -0.440. The van der Waals surface area contributed by atoms with E-state index >= 15 is 0 Å². The quantitative estimate of drug-likeness (QED) is 0.783. The lowest BCUT2D eigenvalue weighted by Crippen LogP contribution is -2.52. The van der Waals surface area contributed by atoms with Gasteiger partial charge in [0.15, 0.2) is 0 Å². The molecule has 0 unspecified atom stereocenters. The lowest BCUT2D eigenvalue weighted by atomic mass is 9.73. The fourth-order valence-electron chi connectivity index (χ4n) is 3.73. The largest absolute Gasteiger partial charge is 0.396 e. The number of hydrogen-bond acceptors (Lipinski definition) is 6. The van der Waals surface area contributed by atoms with E-state index < -0.39 is 6.10 Å². The molecular formula is C17H27N5O2. The molecule has 3 rings (SSSR count). The summed E-state index contributed by atoms with van der Waals surface area (Å²) in [6.07, 6.45) is 9.58. The number of aromatic nitrogens is 4. The van der Waals surface area contributed by atoms with Gasteiger partial charge in [0, 0.05) is 24.4 Å². The number of β-amino-alcohol motifs (C(OH)–C–C–N with tert-alkyl or cyclic N) is 1. The zero-order valence-corrected chi connectivity index (χ0v) is 14.3. The lowest BCUT2D eigenvalue weighted by molar-refractivity contribution is -0.0785. The van der Waals surface area contributed by atoms with Crippen molar-refractivity contribution in [3.05, 3.63) is 24.3 Å². The molecular weight excluding hydrogens is 306 g/mol. The van der Waals surface area contributed by atoms with Crippen molar-refractivity contribution >= 4 is 5.78 Å². The Balaban J connectivity index is 1.49. The van der Waals surface area contributed by atoms with Crippen LogP contribution in [0.4, 0.5) is 0 Å². The first kappa shape index (κ1) is 17.3. The highest BCUT2D eigenvalue weighted by atomic mass is 16.3. The molecule has 0 spiro atoms. The van der Waals surface area contributed by atoms with Crippen molar-refractivity contribution in [2.24, 2.45) is 5.41 Å². The summed E-state index contributed by atoms with van der Waals surface area (Å²) in [6.45, 7) is 4.73. The average molecular weight is 333 g/mol. The van der Waals surface area contributed by atoms with Gasteiger partial charge < -0.3 is 15.1 Å². The van der Waals surface area contributed by atoms with Crippen LogP contribution in [0.25, 0.3) is 5.78 Å². The number of aryl methyl sites for hydroxylation is 1. The number of likely N-dealkylation sites (tertiary alicyclic amines) is 1. The van der Waals surface area contributed by atoms with Crippen molar-refractivity contribution in [1.82, 2.24) is 24.5 Å². The molecule has 0 aliphatic carbocycles. The number of aliphatic hydroxyl groups excluding tert-OH is 2. The first-order valence-electron chi connectivity index (χ1n) is 8.82. The van der Waals surface area contributed by atoms with Crippen LogP contribution < -0.4 is 0 Å². The highest BCUT2D eigenvalue weighted by molar-refractivity contribution is 5.25. The molecule has 7 heteroatoms. The van der Waals surface area contributed by atoms with Crippen molar-refractivity contribution < 1.29 is 10.2 Å². The Bertz CT molecular complexity index is 661. The molecule has 2 aromatic heterocycles. The number of nitrogens with zero attached hydrogens (tertiary/aromatic N) is 5. The van der Waals surface area contributed by atoms with E-state index in [1.165, 1.54) is 6.33 Å². The summed E-state index contributed by atoms with van der Waals surface area (Å²) in [4.78, 5) is 10.6.